The fraction of sp³-hybridized carbons (Fsp3) is 0.455. The Balaban J connectivity index is 2.21. The number of allylic oxidation sites excluding steroid dienone is 1. The highest BCUT2D eigenvalue weighted by molar-refractivity contribution is 5.73. The van der Waals surface area contributed by atoms with Crippen molar-refractivity contribution in [3.63, 3.8) is 0 Å². The van der Waals surface area contributed by atoms with Crippen molar-refractivity contribution in [3.05, 3.63) is 29.2 Å². The molecule has 0 aliphatic heterocycles. The number of rotatable bonds is 0. The number of aliphatic hydroxyl groups is 1. The summed E-state index contributed by atoms with van der Waals surface area (Å²) < 4.78 is 5.48. The lowest BCUT2D eigenvalue weighted by molar-refractivity contribution is 0.222. The van der Waals surface area contributed by atoms with E-state index in [1.165, 1.54) is 16.7 Å². The van der Waals surface area contributed by atoms with Crippen LogP contribution in [0.15, 0.2) is 16.8 Å². The van der Waals surface area contributed by atoms with E-state index >= 15 is 0 Å². The molecule has 0 saturated heterocycles. The Bertz CT molecular complexity index is 373. The lowest BCUT2D eigenvalue weighted by Gasteiger charge is -2.21. The van der Waals surface area contributed by atoms with Crippen LogP contribution in [0, 0.1) is 0 Å². The van der Waals surface area contributed by atoms with Gasteiger partial charge in [-0.25, -0.2) is 0 Å². The molecule has 0 amide bonds. The van der Waals surface area contributed by atoms with Crippen LogP contribution in [-0.4, -0.2) is 11.2 Å². The molecule has 1 atom stereocenters. The first-order chi connectivity index (χ1) is 6.34. The molecule has 1 aromatic rings. The predicted molar refractivity (Wildman–Crippen MR) is 49.3 cm³/mol. The predicted octanol–water partition coefficient (Wildman–Crippen LogP) is 1.92. The zero-order valence-corrected chi connectivity index (χ0v) is 7.42. The summed E-state index contributed by atoms with van der Waals surface area (Å²) in [6.07, 6.45) is 7.53. The molecular weight excluding hydrogens is 164 g/mol. The first-order valence-electron chi connectivity index (χ1n) is 4.83. The Labute approximate surface area is 76.9 Å². The Morgan fingerprint density at radius 1 is 1.38 bits per heavy atom. The summed E-state index contributed by atoms with van der Waals surface area (Å²) in [4.78, 5) is 0. The van der Waals surface area contributed by atoms with Crippen LogP contribution >= 0.6 is 0 Å². The number of hydrogen-bond acceptors (Lipinski definition) is 2. The van der Waals surface area contributed by atoms with Crippen molar-refractivity contribution < 1.29 is 9.52 Å². The van der Waals surface area contributed by atoms with E-state index < -0.39 is 0 Å². The van der Waals surface area contributed by atoms with E-state index in [0.717, 1.165) is 31.4 Å². The minimum Gasteiger partial charge on any atom is -0.468 e. The van der Waals surface area contributed by atoms with Gasteiger partial charge in [0.25, 0.3) is 0 Å². The number of hydrogen-bond donors (Lipinski definition) is 1. The molecule has 0 bridgehead atoms. The average Bonchev–Trinajstić information content (AvgIpc) is 2.50. The zero-order chi connectivity index (χ0) is 8.84. The number of aryl methyl sites for hydroxylation is 1. The maximum atomic E-state index is 9.57. The monoisotopic (exact) mass is 176 g/mol. The summed E-state index contributed by atoms with van der Waals surface area (Å²) >= 11 is 0. The summed E-state index contributed by atoms with van der Waals surface area (Å²) in [5.41, 5.74) is 3.79. The molecule has 2 heteroatoms. The molecule has 2 aliphatic carbocycles. The van der Waals surface area contributed by atoms with Gasteiger partial charge < -0.3 is 9.52 Å². The van der Waals surface area contributed by atoms with Gasteiger partial charge in [-0.1, -0.05) is 6.08 Å². The Kier molecular flexibility index (Phi) is 1.41. The quantitative estimate of drug-likeness (QED) is 0.655. The van der Waals surface area contributed by atoms with E-state index in [0.29, 0.717) is 0 Å². The first-order valence-corrected chi connectivity index (χ1v) is 4.83. The highest BCUT2D eigenvalue weighted by Gasteiger charge is 2.26. The normalized spacial score (nSPS) is 25.3. The van der Waals surface area contributed by atoms with Gasteiger partial charge in [-0.2, -0.15) is 0 Å². The highest BCUT2D eigenvalue weighted by Crippen LogP contribution is 2.38. The summed E-state index contributed by atoms with van der Waals surface area (Å²) in [5, 5.41) is 9.57. The molecule has 68 valence electrons. The number of furan rings is 1. The lowest BCUT2D eigenvalue weighted by atomic mass is 9.84. The van der Waals surface area contributed by atoms with Gasteiger partial charge in [-0.15, -0.1) is 0 Å². The van der Waals surface area contributed by atoms with Gasteiger partial charge in [0.2, 0.25) is 0 Å². The average molecular weight is 176 g/mol. The van der Waals surface area contributed by atoms with Gasteiger partial charge in [0, 0.05) is 24.0 Å². The Hall–Kier alpha value is -1.02. The number of aliphatic hydroxyl groups excluding tert-OH is 1. The molecule has 13 heavy (non-hydrogen) atoms. The van der Waals surface area contributed by atoms with Crippen LogP contribution < -0.4 is 0 Å². The summed E-state index contributed by atoms with van der Waals surface area (Å²) in [7, 11) is 0. The van der Waals surface area contributed by atoms with Gasteiger partial charge in [0.15, 0.2) is 0 Å². The first kappa shape index (κ1) is 7.39. The second kappa shape index (κ2) is 2.48. The van der Waals surface area contributed by atoms with Crippen molar-refractivity contribution in [2.75, 3.05) is 0 Å². The molecule has 0 saturated carbocycles. The molecule has 3 rings (SSSR count). The van der Waals surface area contributed by atoms with Gasteiger partial charge in [-0.05, 0) is 18.4 Å². The van der Waals surface area contributed by atoms with Crippen LogP contribution in [0.5, 0.6) is 0 Å². The SMILES string of the molecule is OC1C=C2CCCc3occ(c32)C1. The molecule has 1 heterocycles. The Morgan fingerprint density at radius 2 is 2.31 bits per heavy atom. The minimum absolute atomic E-state index is 0.300. The fourth-order valence-electron chi connectivity index (χ4n) is 2.41. The molecule has 0 fully saturated rings. The van der Waals surface area contributed by atoms with Crippen molar-refractivity contribution in [2.45, 2.75) is 31.8 Å². The van der Waals surface area contributed by atoms with Crippen LogP contribution in [0.3, 0.4) is 0 Å². The van der Waals surface area contributed by atoms with Crippen molar-refractivity contribution >= 4 is 5.57 Å². The van der Waals surface area contributed by atoms with Gasteiger partial charge in [0.05, 0.1) is 12.4 Å². The molecule has 1 aromatic heterocycles. The second-order valence-electron chi connectivity index (χ2n) is 3.88. The third-order valence-electron chi connectivity index (χ3n) is 2.94. The molecule has 2 aliphatic rings. The van der Waals surface area contributed by atoms with E-state index in [-0.39, 0.29) is 6.10 Å². The van der Waals surface area contributed by atoms with E-state index in [9.17, 15) is 5.11 Å². The van der Waals surface area contributed by atoms with Crippen LogP contribution in [0.4, 0.5) is 0 Å². The summed E-state index contributed by atoms with van der Waals surface area (Å²) in [6, 6.07) is 0. The van der Waals surface area contributed by atoms with Gasteiger partial charge in [-0.3, -0.25) is 0 Å². The lowest BCUT2D eigenvalue weighted by Crippen LogP contribution is -2.15. The summed E-state index contributed by atoms with van der Waals surface area (Å²) in [6.45, 7) is 0. The molecule has 0 radical (unpaired) electrons. The van der Waals surface area contributed by atoms with Crippen LogP contribution in [-0.2, 0) is 12.8 Å². The zero-order valence-electron chi connectivity index (χ0n) is 7.42. The maximum absolute atomic E-state index is 9.57. The third kappa shape index (κ3) is 0.985. The summed E-state index contributed by atoms with van der Waals surface area (Å²) in [5.74, 6) is 1.12. The molecule has 1 N–H and O–H groups in total. The fourth-order valence-corrected chi connectivity index (χ4v) is 2.41. The van der Waals surface area contributed by atoms with Crippen LogP contribution in [0.25, 0.3) is 5.57 Å². The Morgan fingerprint density at radius 3 is 3.23 bits per heavy atom. The van der Waals surface area contributed by atoms with Crippen molar-refractivity contribution in [2.24, 2.45) is 0 Å². The van der Waals surface area contributed by atoms with E-state index in [2.05, 4.69) is 0 Å². The van der Waals surface area contributed by atoms with Crippen molar-refractivity contribution in [1.82, 2.24) is 0 Å². The molecule has 0 aromatic carbocycles. The standard InChI is InChI=1S/C11H12O2/c12-9-4-7-2-1-3-10-11(7)8(5-9)6-13-10/h4,6,9,12H,1-3,5H2. The van der Waals surface area contributed by atoms with E-state index in [1.54, 1.807) is 0 Å². The van der Waals surface area contributed by atoms with Crippen LogP contribution in [0.1, 0.15) is 29.7 Å². The molecular formula is C11H12O2. The van der Waals surface area contributed by atoms with Crippen molar-refractivity contribution in [1.29, 1.82) is 0 Å². The molecule has 2 nitrogen and oxygen atoms in total. The van der Waals surface area contributed by atoms with Crippen molar-refractivity contribution in [3.8, 4) is 0 Å². The third-order valence-corrected chi connectivity index (χ3v) is 2.94. The smallest absolute Gasteiger partial charge is 0.111 e. The largest absolute Gasteiger partial charge is 0.468 e. The maximum Gasteiger partial charge on any atom is 0.111 e. The van der Waals surface area contributed by atoms with E-state index in [4.69, 9.17) is 4.42 Å². The highest BCUT2D eigenvalue weighted by atomic mass is 16.3. The van der Waals surface area contributed by atoms with Gasteiger partial charge in [0.1, 0.15) is 5.76 Å². The molecule has 1 unspecified atom stereocenters. The van der Waals surface area contributed by atoms with E-state index in [1.807, 2.05) is 12.3 Å². The molecule has 0 spiro atoms. The van der Waals surface area contributed by atoms with Gasteiger partial charge >= 0.3 is 0 Å². The van der Waals surface area contributed by atoms with Crippen LogP contribution in [0.2, 0.25) is 0 Å². The topological polar surface area (TPSA) is 33.4 Å². The minimum atomic E-state index is -0.300. The second-order valence-corrected chi connectivity index (χ2v) is 3.88.